The number of carbonyl (C=O) groups is 2. The molecule has 2 amide bonds. The van der Waals surface area contributed by atoms with Crippen LogP contribution in [0.3, 0.4) is 0 Å². The highest BCUT2D eigenvalue weighted by molar-refractivity contribution is 7.92. The molecule has 0 aliphatic carbocycles. The van der Waals surface area contributed by atoms with Crippen LogP contribution in [0.5, 0.6) is 5.75 Å². The van der Waals surface area contributed by atoms with Gasteiger partial charge in [-0.2, -0.15) is 0 Å². The van der Waals surface area contributed by atoms with Crippen molar-refractivity contribution in [2.75, 3.05) is 24.5 Å². The zero-order chi connectivity index (χ0) is 27.7. The molecule has 3 aromatic rings. The Bertz CT molecular complexity index is 1330. The molecule has 10 heteroatoms. The monoisotopic (exact) mass is 541 g/mol. The van der Waals surface area contributed by atoms with E-state index in [1.54, 1.807) is 56.3 Å². The topological polar surface area (TPSA) is 96.0 Å². The Morgan fingerprint density at radius 3 is 2.26 bits per heavy atom. The van der Waals surface area contributed by atoms with Gasteiger partial charge in [-0.1, -0.05) is 37.3 Å². The Labute approximate surface area is 223 Å². The Morgan fingerprint density at radius 1 is 0.974 bits per heavy atom. The highest BCUT2D eigenvalue weighted by atomic mass is 32.2. The molecule has 0 radical (unpaired) electrons. The molecule has 1 atom stereocenters. The fourth-order valence-electron chi connectivity index (χ4n) is 4.03. The molecule has 0 unspecified atom stereocenters. The fourth-order valence-corrected chi connectivity index (χ4v) is 5.47. The maximum absolute atomic E-state index is 13.9. The lowest BCUT2D eigenvalue weighted by atomic mass is 10.1. The van der Waals surface area contributed by atoms with Gasteiger partial charge in [0, 0.05) is 13.1 Å². The summed E-state index contributed by atoms with van der Waals surface area (Å²) in [5, 5.41) is 2.76. The van der Waals surface area contributed by atoms with Crippen LogP contribution in [0.25, 0.3) is 0 Å². The largest absolute Gasteiger partial charge is 0.497 e. The van der Waals surface area contributed by atoms with Gasteiger partial charge in [-0.3, -0.25) is 13.9 Å². The Hall–Kier alpha value is -3.92. The molecule has 0 saturated heterocycles. The van der Waals surface area contributed by atoms with Crippen LogP contribution < -0.4 is 14.4 Å². The minimum absolute atomic E-state index is 0.0211. The van der Waals surface area contributed by atoms with Crippen molar-refractivity contribution in [1.29, 1.82) is 0 Å². The van der Waals surface area contributed by atoms with Gasteiger partial charge in [0.25, 0.3) is 10.0 Å². The van der Waals surface area contributed by atoms with E-state index in [1.165, 1.54) is 36.3 Å². The number of hydrogen-bond donors (Lipinski definition) is 1. The van der Waals surface area contributed by atoms with E-state index in [0.29, 0.717) is 24.3 Å². The van der Waals surface area contributed by atoms with E-state index in [-0.39, 0.29) is 23.0 Å². The van der Waals surface area contributed by atoms with E-state index in [0.717, 1.165) is 16.4 Å². The van der Waals surface area contributed by atoms with Gasteiger partial charge in [0.1, 0.15) is 24.2 Å². The summed E-state index contributed by atoms with van der Waals surface area (Å²) in [6.45, 7) is 3.39. The second-order valence-corrected chi connectivity index (χ2v) is 10.4. The number of ether oxygens (including phenoxy) is 1. The molecule has 0 aliphatic rings. The van der Waals surface area contributed by atoms with E-state index in [1.807, 2.05) is 0 Å². The number of likely N-dealkylation sites (N-methyl/N-ethyl adjacent to an activating group) is 1. The maximum Gasteiger partial charge on any atom is 0.264 e. The average Bonchev–Trinajstić information content (AvgIpc) is 2.92. The summed E-state index contributed by atoms with van der Waals surface area (Å²) in [7, 11) is -2.67. The Morgan fingerprint density at radius 2 is 1.66 bits per heavy atom. The van der Waals surface area contributed by atoms with Gasteiger partial charge >= 0.3 is 0 Å². The molecule has 202 valence electrons. The van der Waals surface area contributed by atoms with Crippen molar-refractivity contribution in [3.63, 3.8) is 0 Å². The molecule has 0 aliphatic heterocycles. The Balaban J connectivity index is 2.05. The smallest absolute Gasteiger partial charge is 0.264 e. The standard InChI is InChI=1S/C28H32FN3O5S/c1-4-26(28(34)30-5-2)31(19-21-10-9-11-24(18-21)37-3)27(33)20-32(23-16-14-22(29)15-17-23)38(35,36)25-12-7-6-8-13-25/h6-18,26H,4-5,19-20H2,1-3H3,(H,30,34)/t26-/m0/s1. The van der Waals surface area contributed by atoms with E-state index >= 15 is 0 Å². The van der Waals surface area contributed by atoms with Crippen molar-refractivity contribution < 1.29 is 27.1 Å². The van der Waals surface area contributed by atoms with Crippen LogP contribution >= 0.6 is 0 Å². The van der Waals surface area contributed by atoms with Gasteiger partial charge in [0.2, 0.25) is 11.8 Å². The van der Waals surface area contributed by atoms with Gasteiger partial charge in [-0.05, 0) is 67.4 Å². The van der Waals surface area contributed by atoms with Crippen LogP contribution in [-0.4, -0.2) is 51.4 Å². The van der Waals surface area contributed by atoms with Gasteiger partial charge in [0.15, 0.2) is 0 Å². The minimum Gasteiger partial charge on any atom is -0.497 e. The van der Waals surface area contributed by atoms with E-state index in [4.69, 9.17) is 4.74 Å². The number of rotatable bonds is 12. The van der Waals surface area contributed by atoms with Crippen molar-refractivity contribution in [2.24, 2.45) is 0 Å². The molecule has 0 bridgehead atoms. The summed E-state index contributed by atoms with van der Waals surface area (Å²) in [5.41, 5.74) is 0.829. The first-order valence-corrected chi connectivity index (χ1v) is 13.7. The first-order chi connectivity index (χ1) is 18.2. The third-order valence-electron chi connectivity index (χ3n) is 5.95. The SMILES string of the molecule is CCNC(=O)[C@H](CC)N(Cc1cccc(OC)c1)C(=O)CN(c1ccc(F)cc1)S(=O)(=O)c1ccccc1. The number of nitrogens with zero attached hydrogens (tertiary/aromatic N) is 2. The van der Waals surface area contributed by atoms with Crippen LogP contribution in [0.4, 0.5) is 10.1 Å². The predicted molar refractivity (Wildman–Crippen MR) is 144 cm³/mol. The van der Waals surface area contributed by atoms with Crippen molar-refractivity contribution in [3.8, 4) is 5.75 Å². The highest BCUT2D eigenvalue weighted by Crippen LogP contribution is 2.25. The fraction of sp³-hybridized carbons (Fsp3) is 0.286. The normalized spacial score (nSPS) is 11.9. The van der Waals surface area contributed by atoms with Crippen molar-refractivity contribution in [1.82, 2.24) is 10.2 Å². The van der Waals surface area contributed by atoms with Crippen LogP contribution in [0.1, 0.15) is 25.8 Å². The molecular formula is C28H32FN3O5S. The molecular weight excluding hydrogens is 509 g/mol. The molecule has 1 N–H and O–H groups in total. The maximum atomic E-state index is 13.9. The second-order valence-electron chi connectivity index (χ2n) is 8.49. The van der Waals surface area contributed by atoms with E-state index in [9.17, 15) is 22.4 Å². The first kappa shape index (κ1) is 28.6. The highest BCUT2D eigenvalue weighted by Gasteiger charge is 2.33. The zero-order valence-corrected chi connectivity index (χ0v) is 22.4. The number of sulfonamides is 1. The van der Waals surface area contributed by atoms with Gasteiger partial charge in [-0.15, -0.1) is 0 Å². The summed E-state index contributed by atoms with van der Waals surface area (Å²) in [6.07, 6.45) is 0.309. The van der Waals surface area contributed by atoms with Gasteiger partial charge in [0.05, 0.1) is 17.7 Å². The molecule has 3 aromatic carbocycles. The van der Waals surface area contributed by atoms with E-state index in [2.05, 4.69) is 5.32 Å². The summed E-state index contributed by atoms with van der Waals surface area (Å²) >= 11 is 0. The number of nitrogens with one attached hydrogen (secondary N) is 1. The number of carbonyl (C=O) groups excluding carboxylic acids is 2. The average molecular weight is 542 g/mol. The number of benzene rings is 3. The summed E-state index contributed by atoms with van der Waals surface area (Å²) in [4.78, 5) is 28.2. The molecule has 0 fully saturated rings. The van der Waals surface area contributed by atoms with Gasteiger partial charge < -0.3 is 15.0 Å². The second kappa shape index (κ2) is 13.0. The summed E-state index contributed by atoms with van der Waals surface area (Å²) < 4.78 is 47.2. The van der Waals surface area contributed by atoms with Crippen LogP contribution in [0.2, 0.25) is 0 Å². The molecule has 8 nitrogen and oxygen atoms in total. The lowest BCUT2D eigenvalue weighted by Crippen LogP contribution is -2.52. The van der Waals surface area contributed by atoms with Crippen molar-refractivity contribution in [3.05, 3.63) is 90.2 Å². The molecule has 0 aromatic heterocycles. The zero-order valence-electron chi connectivity index (χ0n) is 21.6. The third-order valence-corrected chi connectivity index (χ3v) is 7.74. The molecule has 38 heavy (non-hydrogen) atoms. The predicted octanol–water partition coefficient (Wildman–Crippen LogP) is 3.97. The lowest BCUT2D eigenvalue weighted by Gasteiger charge is -2.33. The van der Waals surface area contributed by atoms with Crippen LogP contribution in [0.15, 0.2) is 83.8 Å². The first-order valence-electron chi connectivity index (χ1n) is 12.2. The number of amides is 2. The molecule has 0 saturated carbocycles. The quantitative estimate of drug-likeness (QED) is 0.374. The van der Waals surface area contributed by atoms with Crippen LogP contribution in [-0.2, 0) is 26.2 Å². The van der Waals surface area contributed by atoms with Crippen molar-refractivity contribution >= 4 is 27.5 Å². The van der Waals surface area contributed by atoms with Crippen LogP contribution in [0, 0.1) is 5.82 Å². The van der Waals surface area contributed by atoms with E-state index < -0.39 is 34.3 Å². The minimum atomic E-state index is -4.20. The Kier molecular flexibility index (Phi) is 9.84. The summed E-state index contributed by atoms with van der Waals surface area (Å²) in [5.74, 6) is -0.889. The number of anilines is 1. The third kappa shape index (κ3) is 6.89. The molecule has 3 rings (SSSR count). The number of halogens is 1. The van der Waals surface area contributed by atoms with Crippen molar-refractivity contribution in [2.45, 2.75) is 37.8 Å². The number of methoxy groups -OCH3 is 1. The molecule has 0 spiro atoms. The molecule has 0 heterocycles. The summed E-state index contributed by atoms with van der Waals surface area (Å²) in [6, 6.07) is 18.8. The van der Waals surface area contributed by atoms with Gasteiger partial charge in [-0.25, -0.2) is 12.8 Å². The lowest BCUT2D eigenvalue weighted by molar-refractivity contribution is -0.140. The number of hydrogen-bond acceptors (Lipinski definition) is 5.